The maximum absolute atomic E-state index is 12.7. The molecule has 1 aromatic heterocycles. The third-order valence-corrected chi connectivity index (χ3v) is 3.97. The molecule has 0 spiro atoms. The van der Waals surface area contributed by atoms with Crippen LogP contribution in [0.4, 0.5) is 0 Å². The van der Waals surface area contributed by atoms with E-state index >= 15 is 0 Å². The highest BCUT2D eigenvalue weighted by molar-refractivity contribution is 6.26. The summed E-state index contributed by atoms with van der Waals surface area (Å²) >= 11 is 0. The van der Waals surface area contributed by atoms with E-state index in [1.807, 2.05) is 49.4 Å². The van der Waals surface area contributed by atoms with Crippen LogP contribution in [0.2, 0.25) is 0 Å². The molecule has 0 radical (unpaired) electrons. The van der Waals surface area contributed by atoms with Crippen molar-refractivity contribution >= 4 is 16.7 Å². The van der Waals surface area contributed by atoms with E-state index in [0.29, 0.717) is 0 Å². The van der Waals surface area contributed by atoms with Gasteiger partial charge in [0.2, 0.25) is 0 Å². The fourth-order valence-corrected chi connectivity index (χ4v) is 3.08. The molecule has 3 aromatic rings. The Morgan fingerprint density at radius 1 is 0.900 bits per heavy atom. The summed E-state index contributed by atoms with van der Waals surface area (Å²) in [6, 6.07) is 15.9. The maximum Gasteiger partial charge on any atom is 0.196 e. The number of pyridine rings is 1. The van der Waals surface area contributed by atoms with Crippen LogP contribution in [0, 0.1) is 0 Å². The first-order valence-electron chi connectivity index (χ1n) is 6.87. The predicted molar refractivity (Wildman–Crippen MR) is 80.0 cm³/mol. The van der Waals surface area contributed by atoms with Gasteiger partial charge >= 0.3 is 0 Å². The van der Waals surface area contributed by atoms with Crippen LogP contribution in [0.15, 0.2) is 48.5 Å². The quantitative estimate of drug-likeness (QED) is 0.517. The molecule has 1 aliphatic rings. The molecule has 2 aromatic carbocycles. The van der Waals surface area contributed by atoms with Crippen molar-refractivity contribution in [2.24, 2.45) is 0 Å². The molecule has 0 saturated heterocycles. The lowest BCUT2D eigenvalue weighted by atomic mass is 9.99. The molecule has 96 valence electrons. The number of ketones is 1. The summed E-state index contributed by atoms with van der Waals surface area (Å²) in [5, 5.41) is 1.07. The highest BCUT2D eigenvalue weighted by atomic mass is 16.1. The van der Waals surface area contributed by atoms with Crippen LogP contribution in [-0.2, 0) is 6.42 Å². The second-order valence-electron chi connectivity index (χ2n) is 5.05. The first kappa shape index (κ1) is 11.4. The molecule has 0 N–H and O–H groups in total. The second kappa shape index (κ2) is 4.01. The van der Waals surface area contributed by atoms with Gasteiger partial charge in [0.25, 0.3) is 0 Å². The van der Waals surface area contributed by atoms with E-state index in [4.69, 9.17) is 0 Å². The summed E-state index contributed by atoms with van der Waals surface area (Å²) in [7, 11) is 0. The van der Waals surface area contributed by atoms with Crippen molar-refractivity contribution in [3.8, 4) is 11.1 Å². The molecular weight excluding hydrogens is 246 g/mol. The van der Waals surface area contributed by atoms with E-state index in [1.54, 1.807) is 0 Å². The van der Waals surface area contributed by atoms with Crippen LogP contribution in [0.3, 0.4) is 0 Å². The van der Waals surface area contributed by atoms with Crippen LogP contribution in [0.25, 0.3) is 22.0 Å². The van der Waals surface area contributed by atoms with Gasteiger partial charge in [0.15, 0.2) is 5.78 Å². The fourth-order valence-electron chi connectivity index (χ4n) is 3.08. The van der Waals surface area contributed by atoms with Crippen LogP contribution < -0.4 is 0 Å². The first-order chi connectivity index (χ1) is 9.81. The maximum atomic E-state index is 12.7. The molecule has 0 aliphatic heterocycles. The molecular formula is C18H13NO. The van der Waals surface area contributed by atoms with Crippen LogP contribution in [-0.4, -0.2) is 10.8 Å². The number of aromatic nitrogens is 1. The highest BCUT2D eigenvalue weighted by Crippen LogP contribution is 2.41. The highest BCUT2D eigenvalue weighted by Gasteiger charge is 2.30. The van der Waals surface area contributed by atoms with E-state index in [-0.39, 0.29) is 5.78 Å². The summed E-state index contributed by atoms with van der Waals surface area (Å²) in [6.45, 7) is 2.05. The van der Waals surface area contributed by atoms with Crippen molar-refractivity contribution in [2.45, 2.75) is 13.3 Å². The number of carbonyl (C=O) groups excluding carboxylic acids is 1. The Hall–Kier alpha value is -2.48. The molecule has 4 rings (SSSR count). The zero-order valence-corrected chi connectivity index (χ0v) is 11.2. The first-order valence-corrected chi connectivity index (χ1v) is 6.87. The smallest absolute Gasteiger partial charge is 0.196 e. The summed E-state index contributed by atoms with van der Waals surface area (Å²) in [5.74, 6) is 0.116. The predicted octanol–water partition coefficient (Wildman–Crippen LogP) is 4.01. The van der Waals surface area contributed by atoms with Crippen LogP contribution >= 0.6 is 0 Å². The minimum Gasteiger partial charge on any atom is -0.288 e. The van der Waals surface area contributed by atoms with Gasteiger partial charge in [-0.05, 0) is 18.1 Å². The van der Waals surface area contributed by atoms with Crippen LogP contribution in [0.5, 0.6) is 0 Å². The van der Waals surface area contributed by atoms with Crippen molar-refractivity contribution < 1.29 is 4.79 Å². The SMILES string of the molecule is CCc1nc2ccccc2c2c1C(=O)c1ccccc1-2. The van der Waals surface area contributed by atoms with Gasteiger partial charge in [-0.3, -0.25) is 9.78 Å². The van der Waals surface area contributed by atoms with Gasteiger partial charge < -0.3 is 0 Å². The molecule has 1 heterocycles. The molecule has 2 heteroatoms. The molecule has 0 saturated carbocycles. The van der Waals surface area contributed by atoms with E-state index in [9.17, 15) is 4.79 Å². The average molecular weight is 259 g/mol. The van der Waals surface area contributed by atoms with Gasteiger partial charge in [0.1, 0.15) is 0 Å². The lowest BCUT2D eigenvalue weighted by Crippen LogP contribution is -2.03. The van der Waals surface area contributed by atoms with Crippen molar-refractivity contribution in [3.63, 3.8) is 0 Å². The monoisotopic (exact) mass is 259 g/mol. The summed E-state index contributed by atoms with van der Waals surface area (Å²) < 4.78 is 0. The van der Waals surface area contributed by atoms with E-state index in [0.717, 1.165) is 45.3 Å². The number of aryl methyl sites for hydroxylation is 1. The number of hydrogen-bond donors (Lipinski definition) is 0. The molecule has 2 nitrogen and oxygen atoms in total. The normalized spacial score (nSPS) is 12.6. The minimum atomic E-state index is 0.116. The Bertz CT molecular complexity index is 864. The molecule has 0 fully saturated rings. The lowest BCUT2D eigenvalue weighted by Gasteiger charge is -2.09. The fraction of sp³-hybridized carbons (Fsp3) is 0.111. The topological polar surface area (TPSA) is 30.0 Å². The third-order valence-electron chi connectivity index (χ3n) is 3.97. The molecule has 20 heavy (non-hydrogen) atoms. The van der Waals surface area contributed by atoms with E-state index in [2.05, 4.69) is 11.1 Å². The number of nitrogens with zero attached hydrogens (tertiary/aromatic N) is 1. The Morgan fingerprint density at radius 3 is 2.40 bits per heavy atom. The minimum absolute atomic E-state index is 0.116. The summed E-state index contributed by atoms with van der Waals surface area (Å²) in [4.78, 5) is 17.3. The Kier molecular flexibility index (Phi) is 2.27. The average Bonchev–Trinajstić information content (AvgIpc) is 2.81. The second-order valence-corrected chi connectivity index (χ2v) is 5.05. The van der Waals surface area contributed by atoms with Gasteiger partial charge in [-0.2, -0.15) is 0 Å². The van der Waals surface area contributed by atoms with Gasteiger partial charge in [-0.15, -0.1) is 0 Å². The third kappa shape index (κ3) is 1.33. The Labute approximate surface area is 117 Å². The molecule has 0 unspecified atom stereocenters. The molecule has 1 aliphatic carbocycles. The van der Waals surface area contributed by atoms with Gasteiger partial charge in [0.05, 0.1) is 16.8 Å². The summed E-state index contributed by atoms with van der Waals surface area (Å²) in [6.07, 6.45) is 0.771. The zero-order valence-electron chi connectivity index (χ0n) is 11.2. The van der Waals surface area contributed by atoms with Crippen molar-refractivity contribution in [3.05, 3.63) is 65.4 Å². The molecule has 0 bridgehead atoms. The van der Waals surface area contributed by atoms with Crippen molar-refractivity contribution in [2.75, 3.05) is 0 Å². The van der Waals surface area contributed by atoms with Gasteiger partial charge in [0, 0.05) is 16.5 Å². The van der Waals surface area contributed by atoms with Gasteiger partial charge in [-0.25, -0.2) is 0 Å². The number of carbonyl (C=O) groups is 1. The van der Waals surface area contributed by atoms with E-state index < -0.39 is 0 Å². The van der Waals surface area contributed by atoms with E-state index in [1.165, 1.54) is 0 Å². The van der Waals surface area contributed by atoms with Crippen molar-refractivity contribution in [1.82, 2.24) is 4.98 Å². The standard InChI is InChI=1S/C18H13NO/c1-2-14-17-16(13-9-5-6-10-15(13)19-14)11-7-3-4-8-12(11)18(17)20/h3-10H,2H2,1H3. The number of hydrogen-bond acceptors (Lipinski definition) is 2. The number of fused-ring (bicyclic) bond motifs is 5. The number of benzene rings is 2. The van der Waals surface area contributed by atoms with Crippen molar-refractivity contribution in [1.29, 1.82) is 0 Å². The molecule has 0 amide bonds. The Morgan fingerprint density at radius 2 is 1.60 bits per heavy atom. The summed E-state index contributed by atoms with van der Waals surface area (Å²) in [5.41, 5.74) is 5.57. The lowest BCUT2D eigenvalue weighted by molar-refractivity contribution is 0.104. The number of rotatable bonds is 1. The zero-order chi connectivity index (χ0) is 13.7. The largest absolute Gasteiger partial charge is 0.288 e. The van der Waals surface area contributed by atoms with Gasteiger partial charge in [-0.1, -0.05) is 49.4 Å². The Balaban J connectivity index is 2.23. The number of para-hydroxylation sites is 1. The molecule has 0 atom stereocenters. The van der Waals surface area contributed by atoms with Crippen LogP contribution in [0.1, 0.15) is 28.5 Å².